The van der Waals surface area contributed by atoms with E-state index in [0.717, 1.165) is 16.3 Å². The van der Waals surface area contributed by atoms with Crippen LogP contribution in [0.4, 0.5) is 0 Å². The summed E-state index contributed by atoms with van der Waals surface area (Å²) in [7, 11) is 0. The van der Waals surface area contributed by atoms with E-state index in [2.05, 4.69) is 31.9 Å². The molecule has 2 atom stereocenters. The van der Waals surface area contributed by atoms with Crippen LogP contribution in [0.3, 0.4) is 0 Å². The first kappa shape index (κ1) is 15.7. The fourth-order valence-corrected chi connectivity index (χ4v) is 3.36. The summed E-state index contributed by atoms with van der Waals surface area (Å²) in [5.74, 6) is -0.365. The highest BCUT2D eigenvalue weighted by Gasteiger charge is 2.73. The Hall–Kier alpha value is -0.680. The van der Waals surface area contributed by atoms with Gasteiger partial charge in [-0.2, -0.15) is 0 Å². The molecule has 0 N–H and O–H groups in total. The van der Waals surface area contributed by atoms with Gasteiger partial charge in [-0.15, -0.1) is 0 Å². The maximum atomic E-state index is 12.6. The molecule has 1 aliphatic rings. The Bertz CT molecular complexity index is 547. The Kier molecular flexibility index (Phi) is 3.89. The predicted molar refractivity (Wildman–Crippen MR) is 84.0 cm³/mol. The number of benzene rings is 1. The number of hydrogen-bond donors (Lipinski definition) is 0. The average Bonchev–Trinajstić information content (AvgIpc) is 2.97. The number of carbonyl (C=O) groups excluding carboxylic acids is 2. The Balaban J connectivity index is 2.41. The SMILES string of the molecule is CC(C)(C)OC(=O)[C@@]1(c2ccc(Br)cc2)C[C@]1(Br)C=O. The van der Waals surface area contributed by atoms with Gasteiger partial charge < -0.3 is 9.53 Å². The van der Waals surface area contributed by atoms with E-state index in [4.69, 9.17) is 4.74 Å². The number of halogens is 2. The van der Waals surface area contributed by atoms with Crippen LogP contribution in [0.1, 0.15) is 32.8 Å². The molecule has 1 saturated carbocycles. The molecule has 108 valence electrons. The lowest BCUT2D eigenvalue weighted by Crippen LogP contribution is -2.36. The molecular formula is C15H16Br2O3. The van der Waals surface area contributed by atoms with Gasteiger partial charge in [0.25, 0.3) is 0 Å². The Morgan fingerprint density at radius 3 is 2.25 bits per heavy atom. The Labute approximate surface area is 135 Å². The normalized spacial score (nSPS) is 28.9. The van der Waals surface area contributed by atoms with Crippen LogP contribution in [0, 0.1) is 0 Å². The van der Waals surface area contributed by atoms with E-state index in [9.17, 15) is 9.59 Å². The van der Waals surface area contributed by atoms with Crippen LogP contribution in [0.2, 0.25) is 0 Å². The third kappa shape index (κ3) is 2.58. The molecule has 0 aliphatic heterocycles. The van der Waals surface area contributed by atoms with E-state index < -0.39 is 15.3 Å². The number of esters is 1. The number of ether oxygens (including phenoxy) is 1. The largest absolute Gasteiger partial charge is 0.459 e. The molecule has 1 aromatic rings. The molecular weight excluding hydrogens is 388 g/mol. The molecule has 0 aromatic heterocycles. The number of aldehydes is 1. The number of alkyl halides is 1. The molecule has 0 saturated heterocycles. The summed E-state index contributed by atoms with van der Waals surface area (Å²) in [5, 5.41) is 0. The molecule has 2 rings (SSSR count). The Morgan fingerprint density at radius 2 is 1.85 bits per heavy atom. The van der Waals surface area contributed by atoms with E-state index in [1.54, 1.807) is 0 Å². The van der Waals surface area contributed by atoms with Gasteiger partial charge in [0.05, 0.1) is 0 Å². The second-order valence-electron chi connectivity index (χ2n) is 6.07. The predicted octanol–water partition coefficient (Wildman–Crippen LogP) is 3.76. The molecule has 0 bridgehead atoms. The lowest BCUT2D eigenvalue weighted by molar-refractivity contribution is -0.158. The van der Waals surface area contributed by atoms with Crippen LogP contribution in [0.25, 0.3) is 0 Å². The van der Waals surface area contributed by atoms with Gasteiger partial charge in [0.2, 0.25) is 0 Å². The molecule has 0 heterocycles. The number of hydrogen-bond acceptors (Lipinski definition) is 3. The minimum atomic E-state index is -0.928. The van der Waals surface area contributed by atoms with Gasteiger partial charge in [-0.25, -0.2) is 0 Å². The van der Waals surface area contributed by atoms with Crippen molar-refractivity contribution >= 4 is 44.1 Å². The van der Waals surface area contributed by atoms with Crippen LogP contribution in [-0.2, 0) is 19.7 Å². The third-order valence-electron chi connectivity index (χ3n) is 3.38. The molecule has 0 amide bonds. The summed E-state index contributed by atoms with van der Waals surface area (Å²) < 4.78 is 5.57. The quantitative estimate of drug-likeness (QED) is 0.438. The first-order valence-electron chi connectivity index (χ1n) is 6.29. The smallest absolute Gasteiger partial charge is 0.319 e. The van der Waals surface area contributed by atoms with E-state index in [-0.39, 0.29) is 5.97 Å². The first-order chi connectivity index (χ1) is 9.14. The van der Waals surface area contributed by atoms with E-state index in [1.165, 1.54) is 0 Å². The minimum Gasteiger partial charge on any atom is -0.459 e. The lowest BCUT2D eigenvalue weighted by atomic mass is 9.93. The summed E-state index contributed by atoms with van der Waals surface area (Å²) in [6.45, 7) is 5.46. The monoisotopic (exact) mass is 402 g/mol. The van der Waals surface area contributed by atoms with Crippen LogP contribution in [-0.4, -0.2) is 22.2 Å². The van der Waals surface area contributed by atoms with E-state index >= 15 is 0 Å². The highest BCUT2D eigenvalue weighted by atomic mass is 79.9. The fraction of sp³-hybridized carbons (Fsp3) is 0.467. The van der Waals surface area contributed by atoms with Crippen molar-refractivity contribution in [3.05, 3.63) is 34.3 Å². The van der Waals surface area contributed by atoms with Gasteiger partial charge in [-0.3, -0.25) is 4.79 Å². The molecule has 1 fully saturated rings. The van der Waals surface area contributed by atoms with Gasteiger partial charge in [-0.05, 0) is 44.9 Å². The van der Waals surface area contributed by atoms with Crippen LogP contribution < -0.4 is 0 Å². The zero-order valence-corrected chi connectivity index (χ0v) is 14.7. The highest BCUT2D eigenvalue weighted by Crippen LogP contribution is 2.63. The van der Waals surface area contributed by atoms with Gasteiger partial charge in [0.1, 0.15) is 21.6 Å². The highest BCUT2D eigenvalue weighted by molar-refractivity contribution is 9.10. The summed E-state index contributed by atoms with van der Waals surface area (Å²) in [6, 6.07) is 7.41. The van der Waals surface area contributed by atoms with Crippen molar-refractivity contribution in [2.75, 3.05) is 0 Å². The molecule has 0 unspecified atom stereocenters. The van der Waals surface area contributed by atoms with Gasteiger partial charge in [0.15, 0.2) is 0 Å². The number of carbonyl (C=O) groups is 2. The average molecular weight is 404 g/mol. The first-order valence-corrected chi connectivity index (χ1v) is 7.88. The fourth-order valence-electron chi connectivity index (χ4n) is 2.29. The lowest BCUT2D eigenvalue weighted by Gasteiger charge is -2.25. The molecule has 5 heteroatoms. The molecule has 20 heavy (non-hydrogen) atoms. The summed E-state index contributed by atoms with van der Waals surface area (Å²) in [5.41, 5.74) is -0.722. The van der Waals surface area contributed by atoms with Gasteiger partial charge in [0, 0.05) is 4.47 Å². The maximum Gasteiger partial charge on any atom is 0.319 e. The van der Waals surface area contributed by atoms with Gasteiger partial charge >= 0.3 is 5.97 Å². The molecule has 3 nitrogen and oxygen atoms in total. The zero-order chi connectivity index (χ0) is 15.2. The standard InChI is InChI=1S/C15H16Br2O3/c1-13(2,3)20-12(19)15(8-14(15,17)9-18)10-4-6-11(16)7-5-10/h4-7,9H,8H2,1-3H3/t14-,15-/m0/s1. The second kappa shape index (κ2) is 4.95. The van der Waals surface area contributed by atoms with Crippen molar-refractivity contribution in [1.82, 2.24) is 0 Å². The van der Waals surface area contributed by atoms with Crippen molar-refractivity contribution in [2.45, 2.75) is 42.5 Å². The van der Waals surface area contributed by atoms with Crippen molar-refractivity contribution in [3.8, 4) is 0 Å². The molecule has 0 spiro atoms. The molecule has 1 aromatic carbocycles. The van der Waals surface area contributed by atoms with Crippen molar-refractivity contribution < 1.29 is 14.3 Å². The summed E-state index contributed by atoms with van der Waals surface area (Å²) in [6.07, 6.45) is 1.21. The van der Waals surface area contributed by atoms with Crippen molar-refractivity contribution in [3.63, 3.8) is 0 Å². The van der Waals surface area contributed by atoms with Crippen molar-refractivity contribution in [1.29, 1.82) is 0 Å². The topological polar surface area (TPSA) is 43.4 Å². The Morgan fingerprint density at radius 1 is 1.30 bits per heavy atom. The number of rotatable bonds is 3. The maximum absolute atomic E-state index is 12.6. The van der Waals surface area contributed by atoms with Crippen molar-refractivity contribution in [2.24, 2.45) is 0 Å². The third-order valence-corrected chi connectivity index (χ3v) is 5.05. The van der Waals surface area contributed by atoms with Crippen LogP contribution in [0.15, 0.2) is 28.7 Å². The summed E-state index contributed by atoms with van der Waals surface area (Å²) in [4.78, 5) is 23.9. The second-order valence-corrected chi connectivity index (χ2v) is 8.40. The van der Waals surface area contributed by atoms with E-state index in [0.29, 0.717) is 6.42 Å². The summed E-state index contributed by atoms with van der Waals surface area (Å²) >= 11 is 6.76. The van der Waals surface area contributed by atoms with E-state index in [1.807, 2.05) is 45.0 Å². The molecule has 0 radical (unpaired) electrons. The van der Waals surface area contributed by atoms with Gasteiger partial charge in [-0.1, -0.05) is 44.0 Å². The van der Waals surface area contributed by atoms with Crippen LogP contribution in [0.5, 0.6) is 0 Å². The zero-order valence-electron chi connectivity index (χ0n) is 11.6. The minimum absolute atomic E-state index is 0.365. The van der Waals surface area contributed by atoms with Crippen LogP contribution >= 0.6 is 31.9 Å². The molecule has 1 aliphatic carbocycles.